The van der Waals surface area contributed by atoms with E-state index >= 15 is 0 Å². The summed E-state index contributed by atoms with van der Waals surface area (Å²) in [7, 11) is 1.69. The van der Waals surface area contributed by atoms with Crippen molar-refractivity contribution in [3.05, 3.63) is 57.6 Å². The maximum Gasteiger partial charge on any atom is 0.219 e. The van der Waals surface area contributed by atoms with Gasteiger partial charge in [0.1, 0.15) is 10.7 Å². The Morgan fingerprint density at radius 1 is 1.29 bits per heavy atom. The Hall–Kier alpha value is -2.44. The van der Waals surface area contributed by atoms with Crippen LogP contribution in [0.25, 0.3) is 11.3 Å². The van der Waals surface area contributed by atoms with Crippen LogP contribution in [0.1, 0.15) is 37.0 Å². The van der Waals surface area contributed by atoms with Crippen LogP contribution in [0.3, 0.4) is 0 Å². The number of hydrogen-bond donors (Lipinski definition) is 0. The fraction of sp³-hybridized carbons (Fsp3) is 0.286. The third-order valence-electron chi connectivity index (χ3n) is 4.09. The second-order valence-electron chi connectivity index (χ2n) is 7.21. The molecule has 0 amide bonds. The summed E-state index contributed by atoms with van der Waals surface area (Å²) < 4.78 is 11.3. The molecule has 3 aromatic rings. The van der Waals surface area contributed by atoms with Gasteiger partial charge in [0.2, 0.25) is 5.90 Å². The van der Waals surface area contributed by atoms with Crippen molar-refractivity contribution in [1.29, 1.82) is 0 Å². The van der Waals surface area contributed by atoms with Gasteiger partial charge in [-0.25, -0.2) is 0 Å². The van der Waals surface area contributed by atoms with Crippen molar-refractivity contribution in [2.24, 2.45) is 9.98 Å². The van der Waals surface area contributed by atoms with Crippen LogP contribution in [0.5, 0.6) is 0 Å². The van der Waals surface area contributed by atoms with Gasteiger partial charge < -0.3 is 9.26 Å². The first-order chi connectivity index (χ1) is 13.3. The van der Waals surface area contributed by atoms with Crippen molar-refractivity contribution in [3.63, 3.8) is 0 Å². The molecule has 0 aliphatic rings. The lowest BCUT2D eigenvalue weighted by atomic mass is 9.94. The summed E-state index contributed by atoms with van der Waals surface area (Å²) in [5, 5.41) is 5.50. The molecule has 0 fully saturated rings. The zero-order valence-corrected chi connectivity index (χ0v) is 17.9. The number of rotatable bonds is 5. The van der Waals surface area contributed by atoms with Crippen molar-refractivity contribution in [1.82, 2.24) is 5.16 Å². The lowest BCUT2D eigenvalue weighted by Gasteiger charge is -2.15. The topological polar surface area (TPSA) is 60.0 Å². The van der Waals surface area contributed by atoms with E-state index in [-0.39, 0.29) is 12.0 Å². The quantitative estimate of drug-likeness (QED) is 0.364. The molecule has 0 unspecified atom stereocenters. The largest absolute Gasteiger partial charge is 0.469 e. The molecule has 7 heteroatoms. The maximum absolute atomic E-state index is 6.22. The molecule has 146 valence electrons. The average molecular weight is 416 g/mol. The van der Waals surface area contributed by atoms with E-state index in [0.29, 0.717) is 22.4 Å². The number of benzene rings is 1. The van der Waals surface area contributed by atoms with Crippen molar-refractivity contribution >= 4 is 40.6 Å². The standard InChI is InChI=1S/C21H22ClN3O2S/c1-21(2,3)18-11-15(20(24-5)28-18)19(23-4)26-12-13-10-17(25-27-13)14-8-6-7-9-16(14)22/h6-11H,5,12H2,1-4H3. The Morgan fingerprint density at radius 2 is 2.04 bits per heavy atom. The lowest BCUT2D eigenvalue weighted by Crippen LogP contribution is -2.09. The fourth-order valence-electron chi connectivity index (χ4n) is 2.60. The third kappa shape index (κ3) is 4.34. The molecule has 0 radical (unpaired) electrons. The Balaban J connectivity index is 1.78. The van der Waals surface area contributed by atoms with Crippen LogP contribution in [0.15, 0.2) is 50.9 Å². The Labute approximate surface area is 173 Å². The van der Waals surface area contributed by atoms with E-state index in [9.17, 15) is 0 Å². The summed E-state index contributed by atoms with van der Waals surface area (Å²) >= 11 is 7.82. The number of ether oxygens (including phenoxy) is 1. The highest BCUT2D eigenvalue weighted by molar-refractivity contribution is 7.16. The molecule has 0 N–H and O–H groups in total. The number of nitrogens with zero attached hydrogens (tertiary/aromatic N) is 3. The molecule has 0 saturated carbocycles. The van der Waals surface area contributed by atoms with E-state index in [0.717, 1.165) is 16.1 Å². The average Bonchev–Trinajstić information content (AvgIpc) is 3.29. The molecule has 0 atom stereocenters. The molecule has 0 aliphatic heterocycles. The smallest absolute Gasteiger partial charge is 0.219 e. The Kier molecular flexibility index (Phi) is 6.01. The van der Waals surface area contributed by atoms with Crippen molar-refractivity contribution < 1.29 is 9.26 Å². The minimum absolute atomic E-state index is 0.00991. The predicted octanol–water partition coefficient (Wildman–Crippen LogP) is 6.28. The second-order valence-corrected chi connectivity index (χ2v) is 8.65. The zero-order valence-electron chi connectivity index (χ0n) is 16.3. The minimum Gasteiger partial charge on any atom is -0.469 e. The van der Waals surface area contributed by atoms with Gasteiger partial charge in [-0.3, -0.25) is 9.98 Å². The van der Waals surface area contributed by atoms with E-state index in [4.69, 9.17) is 20.9 Å². The Morgan fingerprint density at radius 3 is 2.68 bits per heavy atom. The Bertz CT molecular complexity index is 1010. The number of hydrogen-bond acceptors (Lipinski definition) is 6. The summed E-state index contributed by atoms with van der Waals surface area (Å²) in [4.78, 5) is 9.62. The molecule has 0 aliphatic carbocycles. The van der Waals surface area contributed by atoms with Crippen molar-refractivity contribution in [2.75, 3.05) is 7.05 Å². The van der Waals surface area contributed by atoms with Crippen molar-refractivity contribution in [2.45, 2.75) is 32.8 Å². The number of thiophene rings is 1. The zero-order chi connectivity index (χ0) is 20.3. The van der Waals surface area contributed by atoms with Gasteiger partial charge in [-0.2, -0.15) is 0 Å². The van der Waals surface area contributed by atoms with Crippen LogP contribution in [-0.4, -0.2) is 24.8 Å². The monoisotopic (exact) mass is 415 g/mol. The summed E-state index contributed by atoms with van der Waals surface area (Å²) in [5.74, 6) is 1.07. The van der Waals surface area contributed by atoms with Gasteiger partial charge in [0.25, 0.3) is 0 Å². The first kappa shape index (κ1) is 20.3. The van der Waals surface area contributed by atoms with Crippen LogP contribution in [0.4, 0.5) is 5.00 Å². The molecule has 2 aromatic heterocycles. The molecular weight excluding hydrogens is 394 g/mol. The van der Waals surface area contributed by atoms with Gasteiger partial charge >= 0.3 is 0 Å². The molecule has 0 spiro atoms. The number of halogens is 1. The third-order valence-corrected chi connectivity index (χ3v) is 5.91. The summed E-state index contributed by atoms with van der Waals surface area (Å²) in [6.07, 6.45) is 0. The van der Waals surface area contributed by atoms with Crippen LogP contribution >= 0.6 is 22.9 Å². The molecule has 0 bridgehead atoms. The predicted molar refractivity (Wildman–Crippen MR) is 116 cm³/mol. The van der Waals surface area contributed by atoms with Crippen LogP contribution in [0, 0.1) is 0 Å². The van der Waals surface area contributed by atoms with E-state index in [1.807, 2.05) is 30.3 Å². The van der Waals surface area contributed by atoms with Crippen LogP contribution in [0.2, 0.25) is 5.02 Å². The van der Waals surface area contributed by atoms with Crippen LogP contribution < -0.4 is 0 Å². The van der Waals surface area contributed by atoms with Gasteiger partial charge in [-0.1, -0.05) is 55.7 Å². The maximum atomic E-state index is 6.22. The second kappa shape index (κ2) is 8.29. The highest BCUT2D eigenvalue weighted by Gasteiger charge is 2.22. The van der Waals surface area contributed by atoms with Crippen LogP contribution in [-0.2, 0) is 16.8 Å². The minimum atomic E-state index is 0.00991. The van der Waals surface area contributed by atoms with Gasteiger partial charge in [-0.05, 0) is 24.3 Å². The first-order valence-electron chi connectivity index (χ1n) is 8.75. The fourth-order valence-corrected chi connectivity index (χ4v) is 3.85. The molecule has 28 heavy (non-hydrogen) atoms. The highest BCUT2D eigenvalue weighted by atomic mass is 35.5. The number of aliphatic imine (C=N–C) groups is 2. The molecule has 5 nitrogen and oxygen atoms in total. The summed E-state index contributed by atoms with van der Waals surface area (Å²) in [6.45, 7) is 10.3. The van der Waals surface area contributed by atoms with Gasteiger partial charge in [-0.15, -0.1) is 11.3 Å². The number of aromatic nitrogens is 1. The highest BCUT2D eigenvalue weighted by Crippen LogP contribution is 2.38. The van der Waals surface area contributed by atoms with Crippen molar-refractivity contribution in [3.8, 4) is 11.3 Å². The van der Waals surface area contributed by atoms with Gasteiger partial charge in [0, 0.05) is 23.6 Å². The molecule has 0 saturated heterocycles. The molecule has 1 aromatic carbocycles. The SMILES string of the molecule is C=Nc1sc(C(C)(C)C)cc1C(=NC)OCc1cc(-c2ccccc2Cl)no1. The lowest BCUT2D eigenvalue weighted by molar-refractivity contribution is 0.239. The van der Waals surface area contributed by atoms with Gasteiger partial charge in [0.05, 0.1) is 10.6 Å². The summed E-state index contributed by atoms with van der Waals surface area (Å²) in [6, 6.07) is 11.4. The first-order valence-corrected chi connectivity index (χ1v) is 9.94. The van der Waals surface area contributed by atoms with E-state index in [1.165, 1.54) is 4.88 Å². The summed E-state index contributed by atoms with van der Waals surface area (Å²) in [5.41, 5.74) is 2.32. The van der Waals surface area contributed by atoms with E-state index < -0.39 is 0 Å². The van der Waals surface area contributed by atoms with E-state index in [1.54, 1.807) is 18.4 Å². The van der Waals surface area contributed by atoms with Gasteiger partial charge in [0.15, 0.2) is 12.4 Å². The normalized spacial score (nSPS) is 12.2. The molecule has 2 heterocycles. The van der Waals surface area contributed by atoms with E-state index in [2.05, 4.69) is 48.7 Å². The molecular formula is C21H22ClN3O2S. The molecule has 3 rings (SSSR count).